The zero-order chi connectivity index (χ0) is 72.4. The summed E-state index contributed by atoms with van der Waals surface area (Å²) < 4.78 is 68.6. The number of phosphoric ester groups is 2. The fraction of sp³-hybridized carbons (Fsp3) is 0.949. The van der Waals surface area contributed by atoms with E-state index in [9.17, 15) is 43.2 Å². The minimum Gasteiger partial charge on any atom is -0.462 e. The summed E-state index contributed by atoms with van der Waals surface area (Å²) in [5, 5.41) is 10.6. The van der Waals surface area contributed by atoms with E-state index in [1.54, 1.807) is 0 Å². The quantitative estimate of drug-likeness (QED) is 0.0222. The van der Waals surface area contributed by atoms with E-state index in [1.165, 1.54) is 199 Å². The van der Waals surface area contributed by atoms with Crippen LogP contribution < -0.4 is 0 Å². The second kappa shape index (κ2) is 68.2. The molecule has 0 spiro atoms. The summed E-state index contributed by atoms with van der Waals surface area (Å²) in [5.41, 5.74) is 0. The molecule has 0 rings (SSSR count). The van der Waals surface area contributed by atoms with Crippen LogP contribution in [0.1, 0.15) is 402 Å². The van der Waals surface area contributed by atoms with E-state index in [2.05, 4.69) is 55.4 Å². The van der Waals surface area contributed by atoms with Gasteiger partial charge in [-0.1, -0.05) is 351 Å². The number of phosphoric acid groups is 2. The molecule has 2 unspecified atom stereocenters. The number of rotatable bonds is 76. The zero-order valence-electron chi connectivity index (χ0n) is 64.4. The van der Waals surface area contributed by atoms with Crippen molar-refractivity contribution in [3.05, 3.63) is 0 Å². The van der Waals surface area contributed by atoms with Crippen LogP contribution in [0, 0.1) is 23.7 Å². The lowest BCUT2D eigenvalue weighted by Crippen LogP contribution is -2.30. The molecule has 0 saturated heterocycles. The average Bonchev–Trinajstić information content (AvgIpc) is 0.951. The fourth-order valence-corrected chi connectivity index (χ4v) is 13.7. The summed E-state index contributed by atoms with van der Waals surface area (Å²) in [6, 6.07) is 0. The molecule has 5 atom stereocenters. The second-order valence-corrected chi connectivity index (χ2v) is 33.3. The molecule has 0 aliphatic heterocycles. The number of ether oxygens (including phenoxy) is 4. The Kier molecular flexibility index (Phi) is 66.8. The molecule has 0 aromatic carbocycles. The summed E-state index contributed by atoms with van der Waals surface area (Å²) in [4.78, 5) is 72.9. The lowest BCUT2D eigenvalue weighted by molar-refractivity contribution is -0.161. The SMILES string of the molecule is CC(C)CCCCCCCCCCCCCCCCCC(=O)O[C@H](COC(=O)CCCCCCCCCCCCCCCCC(C)C)COP(=O)(O)OC[C@@H](O)COP(=O)(O)OC[C@@H](COC(=O)CCCCCCCCC(C)C)OC(=O)CCCCCCCCCCCCCC(C)C. The maximum Gasteiger partial charge on any atom is 0.472 e. The predicted molar refractivity (Wildman–Crippen MR) is 400 cm³/mol. The standard InChI is InChI=1S/C79H154O17P2/c1-69(2)55-47-39-31-25-19-14-10-9-11-17-23-29-35-45-53-61-78(83)95-74(65-89-76(81)59-51-43-34-28-22-16-13-12-15-20-26-32-40-48-56-70(3)4)67-93-97(85,86)91-63-73(80)64-92-98(87,88)94-68-75(66-90-77(82)60-52-44-38-37-42-50-58-72(7)8)96-79(84)62-54-46-36-30-24-18-21-27-33-41-49-57-71(5)6/h69-75,80H,9-68H2,1-8H3,(H,85,86)(H,87,88)/t73-,74-,75-/m1/s1. The van der Waals surface area contributed by atoms with Crippen molar-refractivity contribution in [1.29, 1.82) is 0 Å². The highest BCUT2D eigenvalue weighted by atomic mass is 31.2. The van der Waals surface area contributed by atoms with E-state index in [1.807, 2.05) is 0 Å². The largest absolute Gasteiger partial charge is 0.472 e. The predicted octanol–water partition coefficient (Wildman–Crippen LogP) is 23.2. The number of hydrogen-bond acceptors (Lipinski definition) is 15. The molecule has 0 fully saturated rings. The van der Waals surface area contributed by atoms with E-state index in [0.717, 1.165) is 114 Å². The molecule has 0 aromatic heterocycles. The number of esters is 4. The Morgan fingerprint density at radius 1 is 0.255 bits per heavy atom. The van der Waals surface area contributed by atoms with E-state index in [0.29, 0.717) is 31.6 Å². The molecule has 0 heterocycles. The molecular weight excluding hydrogens is 1280 g/mol. The van der Waals surface area contributed by atoms with Crippen LogP contribution in [0.5, 0.6) is 0 Å². The third kappa shape index (κ3) is 72.4. The van der Waals surface area contributed by atoms with Crippen molar-refractivity contribution in [3.63, 3.8) is 0 Å². The van der Waals surface area contributed by atoms with Crippen molar-refractivity contribution in [3.8, 4) is 0 Å². The van der Waals surface area contributed by atoms with Crippen LogP contribution in [0.3, 0.4) is 0 Å². The number of carbonyl (C=O) groups is 4. The van der Waals surface area contributed by atoms with Gasteiger partial charge in [-0.05, 0) is 49.4 Å². The number of aliphatic hydroxyl groups is 1. The van der Waals surface area contributed by atoms with Crippen LogP contribution in [0.15, 0.2) is 0 Å². The van der Waals surface area contributed by atoms with Crippen LogP contribution in [0.4, 0.5) is 0 Å². The average molecular weight is 1440 g/mol. The molecule has 0 aromatic rings. The van der Waals surface area contributed by atoms with Gasteiger partial charge in [0, 0.05) is 25.7 Å². The first-order valence-electron chi connectivity index (χ1n) is 40.7. The van der Waals surface area contributed by atoms with Crippen molar-refractivity contribution in [1.82, 2.24) is 0 Å². The first-order chi connectivity index (χ1) is 47.1. The topological polar surface area (TPSA) is 237 Å². The molecule has 98 heavy (non-hydrogen) atoms. The maximum absolute atomic E-state index is 13.1. The van der Waals surface area contributed by atoms with Crippen molar-refractivity contribution in [2.24, 2.45) is 23.7 Å². The molecule has 3 N–H and O–H groups in total. The summed E-state index contributed by atoms with van der Waals surface area (Å²) in [6.07, 6.45) is 54.3. The number of carbonyl (C=O) groups excluding carboxylic acids is 4. The van der Waals surface area contributed by atoms with Gasteiger partial charge in [-0.2, -0.15) is 0 Å². The number of aliphatic hydroxyl groups excluding tert-OH is 1. The summed E-state index contributed by atoms with van der Waals surface area (Å²) in [7, 11) is -9.92. The van der Waals surface area contributed by atoms with Crippen molar-refractivity contribution in [2.75, 3.05) is 39.6 Å². The Hall–Kier alpha value is -1.94. The Bertz CT molecular complexity index is 1920. The van der Waals surface area contributed by atoms with Gasteiger partial charge < -0.3 is 33.8 Å². The molecule has 0 aliphatic rings. The summed E-state index contributed by atoms with van der Waals surface area (Å²) in [5.74, 6) is 0.928. The maximum atomic E-state index is 13.1. The Balaban J connectivity index is 5.24. The van der Waals surface area contributed by atoms with Crippen LogP contribution in [-0.2, 0) is 65.4 Å². The van der Waals surface area contributed by atoms with Gasteiger partial charge in [-0.25, -0.2) is 9.13 Å². The van der Waals surface area contributed by atoms with Gasteiger partial charge in [-0.3, -0.25) is 37.3 Å². The molecular formula is C79H154O17P2. The van der Waals surface area contributed by atoms with E-state index in [4.69, 9.17) is 37.0 Å². The Labute approximate surface area is 600 Å². The molecule has 0 aliphatic carbocycles. The monoisotopic (exact) mass is 1440 g/mol. The molecule has 0 radical (unpaired) electrons. The third-order valence-corrected chi connectivity index (χ3v) is 20.2. The third-order valence-electron chi connectivity index (χ3n) is 18.3. The zero-order valence-corrected chi connectivity index (χ0v) is 66.2. The molecule has 0 amide bonds. The van der Waals surface area contributed by atoms with Crippen molar-refractivity contribution >= 4 is 39.5 Å². The highest BCUT2D eigenvalue weighted by molar-refractivity contribution is 7.47. The summed E-state index contributed by atoms with van der Waals surface area (Å²) >= 11 is 0. The molecule has 17 nitrogen and oxygen atoms in total. The van der Waals surface area contributed by atoms with Gasteiger partial charge in [0.1, 0.15) is 19.3 Å². The van der Waals surface area contributed by atoms with Crippen LogP contribution in [0.25, 0.3) is 0 Å². The highest BCUT2D eigenvalue weighted by Gasteiger charge is 2.30. The van der Waals surface area contributed by atoms with Crippen LogP contribution >= 0.6 is 15.6 Å². The van der Waals surface area contributed by atoms with Crippen molar-refractivity contribution < 1.29 is 80.2 Å². The molecule has 0 saturated carbocycles. The highest BCUT2D eigenvalue weighted by Crippen LogP contribution is 2.45. The smallest absolute Gasteiger partial charge is 0.462 e. The van der Waals surface area contributed by atoms with Gasteiger partial charge >= 0.3 is 39.5 Å². The van der Waals surface area contributed by atoms with Crippen LogP contribution in [-0.4, -0.2) is 96.7 Å². The van der Waals surface area contributed by atoms with E-state index < -0.39 is 97.5 Å². The minimum absolute atomic E-state index is 0.105. The normalized spacial score (nSPS) is 14.1. The van der Waals surface area contributed by atoms with Gasteiger partial charge in [0.25, 0.3) is 0 Å². The first-order valence-corrected chi connectivity index (χ1v) is 43.7. The molecule has 19 heteroatoms. The van der Waals surface area contributed by atoms with Crippen molar-refractivity contribution in [2.45, 2.75) is 420 Å². The first kappa shape index (κ1) is 96.1. The number of unbranched alkanes of at least 4 members (excludes halogenated alkanes) is 42. The van der Waals surface area contributed by atoms with Gasteiger partial charge in [0.05, 0.1) is 26.4 Å². The Morgan fingerprint density at radius 3 is 0.633 bits per heavy atom. The van der Waals surface area contributed by atoms with Gasteiger partial charge in [-0.15, -0.1) is 0 Å². The lowest BCUT2D eigenvalue weighted by atomic mass is 10.0. The Morgan fingerprint density at radius 2 is 0.429 bits per heavy atom. The van der Waals surface area contributed by atoms with E-state index in [-0.39, 0.29) is 25.7 Å². The fourth-order valence-electron chi connectivity index (χ4n) is 12.1. The van der Waals surface area contributed by atoms with E-state index >= 15 is 0 Å². The van der Waals surface area contributed by atoms with Crippen LogP contribution in [0.2, 0.25) is 0 Å². The van der Waals surface area contributed by atoms with Gasteiger partial charge in [0.2, 0.25) is 0 Å². The minimum atomic E-state index is -4.96. The van der Waals surface area contributed by atoms with Gasteiger partial charge in [0.15, 0.2) is 12.2 Å². The molecule has 0 bridgehead atoms. The summed E-state index contributed by atoms with van der Waals surface area (Å²) in [6.45, 7) is 14.2. The lowest BCUT2D eigenvalue weighted by Gasteiger charge is -2.21. The number of hydrogen-bond donors (Lipinski definition) is 3. The second-order valence-electron chi connectivity index (χ2n) is 30.4. The molecule has 582 valence electrons.